The molecule has 1 spiro atoms. The van der Waals surface area contributed by atoms with Gasteiger partial charge in [-0.15, -0.1) is 10.2 Å². The van der Waals surface area contributed by atoms with Gasteiger partial charge in [-0.3, -0.25) is 9.59 Å². The highest BCUT2D eigenvalue weighted by molar-refractivity contribution is 6.01. The molecule has 38 heavy (non-hydrogen) atoms. The Bertz CT molecular complexity index is 1530. The monoisotopic (exact) mass is 512 g/mol. The van der Waals surface area contributed by atoms with E-state index in [0.717, 1.165) is 22.9 Å². The second-order valence-electron chi connectivity index (χ2n) is 9.73. The fourth-order valence-corrected chi connectivity index (χ4v) is 5.42. The molecule has 0 bridgehead atoms. The van der Waals surface area contributed by atoms with Gasteiger partial charge in [-0.1, -0.05) is 19.1 Å². The minimum absolute atomic E-state index is 0.0148. The van der Waals surface area contributed by atoms with Crippen LogP contribution in [0.5, 0.6) is 11.5 Å². The molecule has 1 N–H and O–H groups in total. The number of nitrogens with one attached hydrogen (secondary N) is 1. The number of pyridine rings is 1. The molecule has 6 rings (SSSR count). The summed E-state index contributed by atoms with van der Waals surface area (Å²) >= 11 is 0. The number of carbonyl (C=O) groups is 2. The number of fused-ring (bicyclic) bond motifs is 2. The molecule has 1 fully saturated rings. The summed E-state index contributed by atoms with van der Waals surface area (Å²) in [7, 11) is 0. The topological polar surface area (TPSA) is 123 Å². The number of ketones is 1. The lowest BCUT2D eigenvalue weighted by Gasteiger charge is -2.43. The quantitative estimate of drug-likeness (QED) is 0.425. The minimum Gasteiger partial charge on any atom is -0.493 e. The van der Waals surface area contributed by atoms with Crippen molar-refractivity contribution in [3.05, 3.63) is 59.3 Å². The van der Waals surface area contributed by atoms with E-state index < -0.39 is 5.60 Å². The third-order valence-corrected chi connectivity index (χ3v) is 7.44. The third kappa shape index (κ3) is 4.15. The number of benzene rings is 2. The van der Waals surface area contributed by atoms with Gasteiger partial charge in [0.15, 0.2) is 5.78 Å². The molecule has 0 aliphatic carbocycles. The van der Waals surface area contributed by atoms with Crippen molar-refractivity contribution in [1.82, 2.24) is 30.5 Å². The number of Topliss-reactive ketones (excluding diaryl/α,β-unsaturated/α-hetero) is 1. The van der Waals surface area contributed by atoms with Crippen LogP contribution in [0.3, 0.4) is 0 Å². The van der Waals surface area contributed by atoms with Crippen LogP contribution in [-0.4, -0.2) is 67.5 Å². The van der Waals surface area contributed by atoms with Crippen LogP contribution in [0.15, 0.2) is 42.5 Å². The van der Waals surface area contributed by atoms with Gasteiger partial charge in [0.05, 0.1) is 24.1 Å². The highest BCUT2D eigenvalue weighted by Gasteiger charge is 2.44. The summed E-state index contributed by atoms with van der Waals surface area (Å²) in [5.74, 6) is 1.52. The number of hydrogen-bond acceptors (Lipinski definition) is 8. The van der Waals surface area contributed by atoms with Crippen molar-refractivity contribution in [3.63, 3.8) is 0 Å². The van der Waals surface area contributed by atoms with E-state index in [2.05, 4.69) is 27.5 Å². The minimum atomic E-state index is -0.628. The average molecular weight is 513 g/mol. The zero-order chi connectivity index (χ0) is 26.3. The molecule has 0 atom stereocenters. The summed E-state index contributed by atoms with van der Waals surface area (Å²) in [4.78, 5) is 33.3. The molecule has 4 heterocycles. The lowest BCUT2D eigenvalue weighted by molar-refractivity contribution is -0.00584. The molecule has 2 aliphatic heterocycles. The first-order valence-electron chi connectivity index (χ1n) is 12.9. The molecule has 2 aromatic carbocycles. The van der Waals surface area contributed by atoms with Crippen molar-refractivity contribution in [3.8, 4) is 22.9 Å². The Labute approximate surface area is 219 Å². The molecule has 0 radical (unpaired) electrons. The number of aryl methyl sites for hydroxylation is 1. The number of rotatable bonds is 5. The summed E-state index contributed by atoms with van der Waals surface area (Å²) in [5.41, 5.74) is 2.84. The van der Waals surface area contributed by atoms with E-state index in [1.165, 1.54) is 0 Å². The van der Waals surface area contributed by atoms with Crippen LogP contribution in [0.25, 0.3) is 22.3 Å². The fourth-order valence-electron chi connectivity index (χ4n) is 5.42. The van der Waals surface area contributed by atoms with Gasteiger partial charge < -0.3 is 14.4 Å². The van der Waals surface area contributed by atoms with Crippen molar-refractivity contribution in [1.29, 1.82) is 0 Å². The number of nitrogens with zero attached hydrogens (tertiary/aromatic N) is 5. The maximum atomic E-state index is 13.6. The number of hydrogen-bond donors (Lipinski definition) is 1. The van der Waals surface area contributed by atoms with E-state index >= 15 is 0 Å². The van der Waals surface area contributed by atoms with E-state index in [-0.39, 0.29) is 18.1 Å². The van der Waals surface area contributed by atoms with Crippen LogP contribution in [0.4, 0.5) is 0 Å². The number of tetrazole rings is 1. The Kier molecular flexibility index (Phi) is 6.01. The number of amides is 1. The van der Waals surface area contributed by atoms with E-state index in [1.807, 2.05) is 31.2 Å². The van der Waals surface area contributed by atoms with Crippen molar-refractivity contribution < 1.29 is 19.1 Å². The van der Waals surface area contributed by atoms with Crippen LogP contribution in [-0.2, 0) is 6.42 Å². The van der Waals surface area contributed by atoms with Gasteiger partial charge >= 0.3 is 0 Å². The van der Waals surface area contributed by atoms with Crippen LogP contribution in [0, 0.1) is 0 Å². The largest absolute Gasteiger partial charge is 0.493 e. The van der Waals surface area contributed by atoms with Crippen molar-refractivity contribution in [2.45, 2.75) is 45.1 Å². The molecule has 0 unspecified atom stereocenters. The average Bonchev–Trinajstić information content (AvgIpc) is 3.48. The highest BCUT2D eigenvalue weighted by atomic mass is 16.5. The molecule has 10 nitrogen and oxygen atoms in total. The SMILES string of the molecule is CCOc1cc(C(=O)N2CCC3(CC2)CC(=O)c2cc(-c4nn[nH]n4)ccc2O3)nc2c(CC)cccc12. The highest BCUT2D eigenvalue weighted by Crippen LogP contribution is 2.41. The maximum Gasteiger partial charge on any atom is 0.272 e. The fraction of sp³-hybridized carbons (Fsp3) is 0.357. The number of likely N-dealkylation sites (tertiary alicyclic amines) is 1. The van der Waals surface area contributed by atoms with Crippen LogP contribution < -0.4 is 9.47 Å². The lowest BCUT2D eigenvalue weighted by Crippen LogP contribution is -2.52. The molecule has 4 aromatic rings. The lowest BCUT2D eigenvalue weighted by atomic mass is 9.82. The number of H-pyrrole nitrogens is 1. The zero-order valence-corrected chi connectivity index (χ0v) is 21.4. The number of para-hydroxylation sites is 1. The van der Waals surface area contributed by atoms with Crippen LogP contribution >= 0.6 is 0 Å². The Morgan fingerprint density at radius 3 is 2.74 bits per heavy atom. The molecule has 2 aliphatic rings. The van der Waals surface area contributed by atoms with Gasteiger partial charge in [-0.2, -0.15) is 5.21 Å². The van der Waals surface area contributed by atoms with Gasteiger partial charge in [0.2, 0.25) is 5.82 Å². The van der Waals surface area contributed by atoms with E-state index in [9.17, 15) is 9.59 Å². The van der Waals surface area contributed by atoms with Crippen LogP contribution in [0.1, 0.15) is 59.5 Å². The second-order valence-corrected chi connectivity index (χ2v) is 9.73. The van der Waals surface area contributed by atoms with Gasteiger partial charge in [0.25, 0.3) is 5.91 Å². The Hall–Kier alpha value is -4.34. The van der Waals surface area contributed by atoms with E-state index in [0.29, 0.717) is 66.7 Å². The molecular weight excluding hydrogens is 484 g/mol. The number of aromatic amines is 1. The Balaban J connectivity index is 1.21. The third-order valence-electron chi connectivity index (χ3n) is 7.44. The number of ether oxygens (including phenoxy) is 2. The second kappa shape index (κ2) is 9.51. The zero-order valence-electron chi connectivity index (χ0n) is 21.4. The predicted molar refractivity (Wildman–Crippen MR) is 139 cm³/mol. The summed E-state index contributed by atoms with van der Waals surface area (Å²) in [5, 5.41) is 14.9. The van der Waals surface area contributed by atoms with Gasteiger partial charge in [0.1, 0.15) is 22.8 Å². The molecule has 10 heteroatoms. The van der Waals surface area contributed by atoms with Gasteiger partial charge in [-0.05, 0) is 48.4 Å². The van der Waals surface area contributed by atoms with Crippen molar-refractivity contribution in [2.75, 3.05) is 19.7 Å². The molecule has 2 aromatic heterocycles. The van der Waals surface area contributed by atoms with Gasteiger partial charge in [0, 0.05) is 42.9 Å². The Morgan fingerprint density at radius 1 is 1.16 bits per heavy atom. The molecular formula is C28H28N6O4. The molecule has 0 saturated carbocycles. The standard InChI is InChI=1S/C28H28N6O4/c1-3-17-6-5-7-19-24(37-4-2)15-21(29-25(17)19)27(36)34-12-10-28(11-13-34)16-22(35)20-14-18(8-9-23(20)38-28)26-30-32-33-31-26/h5-9,14-15H,3-4,10-13,16H2,1-2H3,(H,30,31,32,33). The van der Waals surface area contributed by atoms with E-state index in [4.69, 9.17) is 14.5 Å². The summed E-state index contributed by atoms with van der Waals surface area (Å²) < 4.78 is 12.3. The van der Waals surface area contributed by atoms with Gasteiger partial charge in [-0.25, -0.2) is 4.98 Å². The predicted octanol–water partition coefficient (Wildman–Crippen LogP) is 4.02. The number of carbonyl (C=O) groups excluding carboxylic acids is 2. The van der Waals surface area contributed by atoms with Crippen molar-refractivity contribution >= 4 is 22.6 Å². The maximum absolute atomic E-state index is 13.6. The summed E-state index contributed by atoms with van der Waals surface area (Å²) in [6.45, 7) is 5.45. The summed E-state index contributed by atoms with van der Waals surface area (Å²) in [6, 6.07) is 13.1. The number of piperidine rings is 1. The van der Waals surface area contributed by atoms with E-state index in [1.54, 1.807) is 23.1 Å². The van der Waals surface area contributed by atoms with Crippen molar-refractivity contribution in [2.24, 2.45) is 0 Å². The molecule has 1 saturated heterocycles. The first kappa shape index (κ1) is 24.0. The number of aromatic nitrogens is 5. The Morgan fingerprint density at radius 2 is 2.00 bits per heavy atom. The summed E-state index contributed by atoms with van der Waals surface area (Å²) in [6.07, 6.45) is 2.19. The normalized spacial score (nSPS) is 16.4. The first-order valence-corrected chi connectivity index (χ1v) is 12.9. The molecule has 194 valence electrons. The smallest absolute Gasteiger partial charge is 0.272 e. The molecule has 1 amide bonds. The van der Waals surface area contributed by atoms with Crippen LogP contribution in [0.2, 0.25) is 0 Å². The first-order chi connectivity index (χ1) is 18.5.